The van der Waals surface area contributed by atoms with Crippen LogP contribution >= 0.6 is 0 Å². The minimum absolute atomic E-state index is 0.255. The summed E-state index contributed by atoms with van der Waals surface area (Å²) >= 11 is 0. The molecule has 4 rings (SSSR count). The van der Waals surface area contributed by atoms with Crippen LogP contribution in [0, 0.1) is 13.8 Å². The third-order valence-electron chi connectivity index (χ3n) is 4.24. The van der Waals surface area contributed by atoms with Crippen LogP contribution in [0.25, 0.3) is 22.0 Å². The molecule has 0 spiro atoms. The Balaban J connectivity index is 2.22. The number of methoxy groups -OCH3 is 1. The molecule has 1 aromatic heterocycles. The van der Waals surface area contributed by atoms with Gasteiger partial charge in [0.15, 0.2) is 0 Å². The molecule has 2 heterocycles. The lowest BCUT2D eigenvalue weighted by atomic mass is 9.98. The first-order valence-electron chi connectivity index (χ1n) is 7.53. The van der Waals surface area contributed by atoms with Gasteiger partial charge in [-0.2, -0.15) is 0 Å². The third kappa shape index (κ3) is 2.06. The highest BCUT2D eigenvalue weighted by molar-refractivity contribution is 7.93. The smallest absolute Gasteiger partial charge is 0.262 e. The maximum atomic E-state index is 12.7. The van der Waals surface area contributed by atoms with Crippen LogP contribution in [0.15, 0.2) is 41.3 Å². The van der Waals surface area contributed by atoms with Crippen LogP contribution in [-0.4, -0.2) is 20.5 Å². The van der Waals surface area contributed by atoms with Crippen LogP contribution in [0.3, 0.4) is 0 Å². The van der Waals surface area contributed by atoms with Crippen LogP contribution in [0.2, 0.25) is 0 Å². The largest absolute Gasteiger partial charge is 0.496 e. The van der Waals surface area contributed by atoms with E-state index >= 15 is 0 Å². The van der Waals surface area contributed by atoms with E-state index in [4.69, 9.17) is 4.74 Å². The number of hydrogen-bond acceptors (Lipinski definition) is 4. The zero-order chi connectivity index (χ0) is 17.1. The number of pyridine rings is 1. The van der Waals surface area contributed by atoms with Crippen molar-refractivity contribution in [2.75, 3.05) is 11.8 Å². The molecule has 0 bridgehead atoms. The Morgan fingerprint density at radius 3 is 2.62 bits per heavy atom. The molecule has 3 aromatic rings. The molecule has 5 nitrogen and oxygen atoms in total. The Bertz CT molecular complexity index is 1100. The summed E-state index contributed by atoms with van der Waals surface area (Å²) in [6, 6.07) is 11.0. The maximum absolute atomic E-state index is 12.7. The van der Waals surface area contributed by atoms with Crippen LogP contribution in [0.4, 0.5) is 5.69 Å². The number of fused-ring (bicyclic) bond motifs is 5. The Kier molecular flexibility index (Phi) is 3.08. The van der Waals surface area contributed by atoms with Crippen molar-refractivity contribution < 1.29 is 13.2 Å². The summed E-state index contributed by atoms with van der Waals surface area (Å²) < 4.78 is 33.6. The van der Waals surface area contributed by atoms with E-state index in [1.54, 1.807) is 19.2 Å². The predicted octanol–water partition coefficient (Wildman–Crippen LogP) is 3.64. The number of anilines is 1. The Labute approximate surface area is 140 Å². The van der Waals surface area contributed by atoms with E-state index in [0.29, 0.717) is 22.5 Å². The molecule has 0 saturated carbocycles. The molecule has 1 aliphatic rings. The summed E-state index contributed by atoms with van der Waals surface area (Å²) in [6.07, 6.45) is 0. The molecular formula is C18H16N2O3S. The van der Waals surface area contributed by atoms with E-state index in [-0.39, 0.29) is 4.90 Å². The average Bonchev–Trinajstić information content (AvgIpc) is 2.53. The zero-order valence-electron chi connectivity index (χ0n) is 13.5. The van der Waals surface area contributed by atoms with Crippen molar-refractivity contribution in [3.63, 3.8) is 0 Å². The number of aromatic nitrogens is 1. The van der Waals surface area contributed by atoms with Crippen molar-refractivity contribution in [1.82, 2.24) is 4.98 Å². The standard InChI is InChI=1S/C18H16N2O3S/c1-10-4-7-15-13(8-10)16-14(23-3)9-12-6-5-11(2)19-17(12)18(16)20-24(15,21)22/h4-9,20H,1-3H3. The van der Waals surface area contributed by atoms with E-state index in [1.807, 2.05) is 38.1 Å². The lowest BCUT2D eigenvalue weighted by Gasteiger charge is -2.25. The van der Waals surface area contributed by atoms with Gasteiger partial charge in [0, 0.05) is 16.6 Å². The van der Waals surface area contributed by atoms with E-state index in [0.717, 1.165) is 22.2 Å². The highest BCUT2D eigenvalue weighted by Gasteiger charge is 2.31. The second-order valence-corrected chi connectivity index (χ2v) is 7.61. The second kappa shape index (κ2) is 4.95. The molecule has 2 aromatic carbocycles. The molecule has 1 aliphatic heterocycles. The number of rotatable bonds is 1. The Morgan fingerprint density at radius 1 is 1.08 bits per heavy atom. The van der Waals surface area contributed by atoms with E-state index in [1.165, 1.54) is 0 Å². The van der Waals surface area contributed by atoms with Gasteiger partial charge in [0.2, 0.25) is 0 Å². The van der Waals surface area contributed by atoms with Crippen molar-refractivity contribution in [2.24, 2.45) is 0 Å². The lowest BCUT2D eigenvalue weighted by Crippen LogP contribution is -2.20. The van der Waals surface area contributed by atoms with Gasteiger partial charge < -0.3 is 4.74 Å². The van der Waals surface area contributed by atoms with Gasteiger partial charge in [0.1, 0.15) is 5.75 Å². The van der Waals surface area contributed by atoms with E-state index in [2.05, 4.69) is 9.71 Å². The van der Waals surface area contributed by atoms with Crippen molar-refractivity contribution in [1.29, 1.82) is 0 Å². The molecule has 122 valence electrons. The van der Waals surface area contributed by atoms with Crippen molar-refractivity contribution in [3.05, 3.63) is 47.7 Å². The predicted molar refractivity (Wildman–Crippen MR) is 94.0 cm³/mol. The van der Waals surface area contributed by atoms with Gasteiger partial charge in [-0.15, -0.1) is 0 Å². The number of nitrogens with one attached hydrogen (secondary N) is 1. The minimum Gasteiger partial charge on any atom is -0.496 e. The number of hydrogen-bond donors (Lipinski definition) is 1. The molecular weight excluding hydrogens is 324 g/mol. The maximum Gasteiger partial charge on any atom is 0.262 e. The fraction of sp³-hybridized carbons (Fsp3) is 0.167. The zero-order valence-corrected chi connectivity index (χ0v) is 14.4. The normalized spacial score (nSPS) is 14.6. The molecule has 0 amide bonds. The molecule has 0 radical (unpaired) electrons. The number of sulfonamides is 1. The molecule has 1 N–H and O–H groups in total. The quantitative estimate of drug-likeness (QED) is 0.734. The molecule has 0 atom stereocenters. The minimum atomic E-state index is -3.65. The first-order valence-corrected chi connectivity index (χ1v) is 9.01. The van der Waals surface area contributed by atoms with Gasteiger partial charge in [0.25, 0.3) is 10.0 Å². The van der Waals surface area contributed by atoms with Crippen LogP contribution in [0.1, 0.15) is 11.3 Å². The van der Waals surface area contributed by atoms with Gasteiger partial charge in [-0.3, -0.25) is 9.71 Å². The Hall–Kier alpha value is -2.60. The van der Waals surface area contributed by atoms with Crippen molar-refractivity contribution in [3.8, 4) is 16.9 Å². The van der Waals surface area contributed by atoms with Crippen molar-refractivity contribution in [2.45, 2.75) is 18.7 Å². The fourth-order valence-electron chi connectivity index (χ4n) is 3.13. The summed E-state index contributed by atoms with van der Waals surface area (Å²) in [4.78, 5) is 4.80. The molecule has 0 unspecified atom stereocenters. The van der Waals surface area contributed by atoms with Gasteiger partial charge in [-0.05, 0) is 38.1 Å². The van der Waals surface area contributed by atoms with Gasteiger partial charge >= 0.3 is 0 Å². The summed E-state index contributed by atoms with van der Waals surface area (Å²) in [5.74, 6) is 0.623. The monoisotopic (exact) mass is 340 g/mol. The van der Waals surface area contributed by atoms with Crippen LogP contribution in [0.5, 0.6) is 5.75 Å². The summed E-state index contributed by atoms with van der Waals surface area (Å²) in [5.41, 5.74) is 4.29. The summed E-state index contributed by atoms with van der Waals surface area (Å²) in [7, 11) is -2.06. The Morgan fingerprint density at radius 2 is 1.88 bits per heavy atom. The first kappa shape index (κ1) is 15.0. The molecule has 0 saturated heterocycles. The highest BCUT2D eigenvalue weighted by atomic mass is 32.2. The number of aryl methyl sites for hydroxylation is 2. The third-order valence-corrected chi connectivity index (χ3v) is 5.64. The van der Waals surface area contributed by atoms with Gasteiger partial charge in [0.05, 0.1) is 28.8 Å². The lowest BCUT2D eigenvalue weighted by molar-refractivity contribution is 0.417. The SMILES string of the molecule is COc1cc2ccc(C)nc2c2c1-c1cc(C)ccc1S(=O)(=O)N2. The van der Waals surface area contributed by atoms with Crippen LogP contribution in [-0.2, 0) is 10.0 Å². The highest BCUT2D eigenvalue weighted by Crippen LogP contribution is 2.48. The molecule has 0 aliphatic carbocycles. The second-order valence-electron chi connectivity index (χ2n) is 5.96. The molecule has 24 heavy (non-hydrogen) atoms. The summed E-state index contributed by atoms with van der Waals surface area (Å²) in [5, 5.41) is 0.829. The number of nitrogens with zero attached hydrogens (tertiary/aromatic N) is 1. The van der Waals surface area contributed by atoms with E-state index in [9.17, 15) is 8.42 Å². The van der Waals surface area contributed by atoms with Gasteiger partial charge in [-0.25, -0.2) is 8.42 Å². The topological polar surface area (TPSA) is 68.3 Å². The fourth-order valence-corrected chi connectivity index (χ4v) is 4.40. The van der Waals surface area contributed by atoms with E-state index < -0.39 is 10.0 Å². The number of ether oxygens (including phenoxy) is 1. The van der Waals surface area contributed by atoms with Gasteiger partial charge in [-0.1, -0.05) is 17.7 Å². The molecule has 0 fully saturated rings. The number of benzene rings is 2. The van der Waals surface area contributed by atoms with Crippen molar-refractivity contribution >= 4 is 26.6 Å². The molecule has 6 heteroatoms. The average molecular weight is 340 g/mol. The first-order chi connectivity index (χ1) is 11.4. The van der Waals surface area contributed by atoms with Crippen LogP contribution < -0.4 is 9.46 Å². The summed E-state index contributed by atoms with van der Waals surface area (Å²) in [6.45, 7) is 3.82.